The smallest absolute Gasteiger partial charge is 0.268 e. The molecule has 0 aliphatic heterocycles. The number of fused-ring (bicyclic) bond motifs is 1. The lowest BCUT2D eigenvalue weighted by Crippen LogP contribution is -2.49. The molecule has 0 aromatic heterocycles. The van der Waals surface area contributed by atoms with Crippen molar-refractivity contribution in [2.24, 2.45) is 0 Å². The van der Waals surface area contributed by atoms with Crippen LogP contribution in [0.15, 0.2) is 24.3 Å². The highest BCUT2D eigenvalue weighted by Gasteiger charge is 2.40. The van der Waals surface area contributed by atoms with Crippen LogP contribution in [-0.4, -0.2) is 37.2 Å². The van der Waals surface area contributed by atoms with Crippen LogP contribution in [-0.2, 0) is 14.6 Å². The van der Waals surface area contributed by atoms with Crippen LogP contribution in [0.5, 0.6) is 0 Å². The van der Waals surface area contributed by atoms with Crippen LogP contribution in [0.4, 0.5) is 0 Å². The SMILES string of the molecule is CC(O)(C(=O)NCC#N)S(C)(=O)=O.c1cc2cc-2c1. The zero-order chi connectivity index (χ0) is 14.7. The number of nitrogens with one attached hydrogen (secondary N) is 1. The molecule has 2 aliphatic carbocycles. The second kappa shape index (κ2) is 5.38. The number of hydrogen-bond acceptors (Lipinski definition) is 5. The Bertz CT molecular complexity index is 612. The van der Waals surface area contributed by atoms with E-state index in [1.54, 1.807) is 6.07 Å². The molecule has 102 valence electrons. The number of nitriles is 1. The number of hydrogen-bond donors (Lipinski definition) is 2. The van der Waals surface area contributed by atoms with Gasteiger partial charge in [-0.3, -0.25) is 4.79 Å². The monoisotopic (exact) mass is 282 g/mol. The molecule has 2 aliphatic rings. The van der Waals surface area contributed by atoms with Gasteiger partial charge in [-0.25, -0.2) is 8.42 Å². The van der Waals surface area contributed by atoms with Gasteiger partial charge in [0.1, 0.15) is 6.54 Å². The predicted octanol–water partition coefficient (Wildman–Crippen LogP) is 0.0463. The molecule has 1 amide bonds. The standard InChI is InChI=1S/C6H10N2O4S.C6H4/c1-6(10,13(2,11)12)5(9)8-4-3-7;1-2-5-4-6(5)3-1/h10H,4H2,1-2H3,(H,8,9);1-4H. The normalized spacial score (nSPS) is 14.2. The molecule has 0 saturated heterocycles. The predicted molar refractivity (Wildman–Crippen MR) is 69.5 cm³/mol. The number of carbonyl (C=O) groups excluding carboxylic acids is 1. The van der Waals surface area contributed by atoms with E-state index in [0.29, 0.717) is 0 Å². The molecule has 0 aromatic rings. The van der Waals surface area contributed by atoms with Crippen LogP contribution in [0.2, 0.25) is 0 Å². The minimum atomic E-state index is -3.90. The maximum atomic E-state index is 11.0. The van der Waals surface area contributed by atoms with E-state index in [2.05, 4.69) is 24.3 Å². The van der Waals surface area contributed by atoms with Crippen molar-refractivity contribution in [3.8, 4) is 17.2 Å². The van der Waals surface area contributed by atoms with Crippen LogP contribution in [0.1, 0.15) is 6.92 Å². The van der Waals surface area contributed by atoms with Crippen molar-refractivity contribution in [3.63, 3.8) is 0 Å². The Morgan fingerprint density at radius 2 is 2.00 bits per heavy atom. The third-order valence-corrected chi connectivity index (χ3v) is 4.21. The number of benzene rings is 1. The quantitative estimate of drug-likeness (QED) is 0.773. The second-order valence-corrected chi connectivity index (χ2v) is 6.52. The number of aliphatic hydroxyl groups is 1. The maximum Gasteiger partial charge on any atom is 0.268 e. The van der Waals surface area contributed by atoms with E-state index in [1.165, 1.54) is 11.1 Å². The molecule has 0 aromatic carbocycles. The fraction of sp³-hybridized carbons (Fsp3) is 0.333. The topological polar surface area (TPSA) is 107 Å². The first-order valence-electron chi connectivity index (χ1n) is 5.38. The first kappa shape index (κ1) is 15.1. The lowest BCUT2D eigenvalue weighted by molar-refractivity contribution is -0.130. The molecule has 0 heterocycles. The summed E-state index contributed by atoms with van der Waals surface area (Å²) in [7, 11) is -3.90. The fourth-order valence-electron chi connectivity index (χ4n) is 1.13. The van der Waals surface area contributed by atoms with Crippen LogP contribution < -0.4 is 5.32 Å². The number of sulfone groups is 1. The first-order chi connectivity index (χ1) is 8.70. The van der Waals surface area contributed by atoms with Gasteiger partial charge < -0.3 is 10.4 Å². The summed E-state index contributed by atoms with van der Waals surface area (Å²) < 4.78 is 21.7. The highest BCUT2D eigenvalue weighted by Crippen LogP contribution is 2.32. The van der Waals surface area contributed by atoms with E-state index in [4.69, 9.17) is 5.26 Å². The van der Waals surface area contributed by atoms with Crippen LogP contribution in [0, 0.1) is 11.3 Å². The molecule has 6 nitrogen and oxygen atoms in total. The summed E-state index contributed by atoms with van der Waals surface area (Å²) in [6.45, 7) is 0.513. The number of rotatable bonds is 3. The van der Waals surface area contributed by atoms with E-state index in [9.17, 15) is 18.3 Å². The van der Waals surface area contributed by atoms with Crippen LogP contribution in [0.25, 0.3) is 11.1 Å². The molecule has 0 bridgehead atoms. The minimum Gasteiger partial charge on any atom is -0.367 e. The van der Waals surface area contributed by atoms with E-state index >= 15 is 0 Å². The molecule has 0 spiro atoms. The first-order valence-corrected chi connectivity index (χ1v) is 7.27. The third-order valence-electron chi connectivity index (χ3n) is 2.58. The molecular formula is C12H14N2O4S. The van der Waals surface area contributed by atoms with Crippen molar-refractivity contribution in [2.45, 2.75) is 11.9 Å². The largest absolute Gasteiger partial charge is 0.367 e. The summed E-state index contributed by atoms with van der Waals surface area (Å²) in [4.78, 5) is 8.50. The lowest BCUT2D eigenvalue weighted by Gasteiger charge is -2.18. The van der Waals surface area contributed by atoms with Crippen LogP contribution in [0.3, 0.4) is 0 Å². The Hall–Kier alpha value is -1.91. The summed E-state index contributed by atoms with van der Waals surface area (Å²) in [5, 5.41) is 19.3. The van der Waals surface area contributed by atoms with Gasteiger partial charge in [-0.05, 0) is 24.1 Å². The number of carbonyl (C=O) groups is 1. The molecular weight excluding hydrogens is 268 g/mol. The van der Waals surface area contributed by atoms with Gasteiger partial charge in [0, 0.05) is 6.26 Å². The van der Waals surface area contributed by atoms with Gasteiger partial charge in [-0.2, -0.15) is 5.26 Å². The van der Waals surface area contributed by atoms with Crippen molar-refractivity contribution in [1.29, 1.82) is 5.26 Å². The molecule has 0 radical (unpaired) electrons. The Morgan fingerprint density at radius 3 is 2.26 bits per heavy atom. The minimum absolute atomic E-state index is 0.343. The van der Waals surface area contributed by atoms with Crippen molar-refractivity contribution in [3.05, 3.63) is 24.3 Å². The number of nitrogens with zero attached hydrogens (tertiary/aromatic N) is 1. The fourth-order valence-corrected chi connectivity index (χ4v) is 1.54. The van der Waals surface area contributed by atoms with Gasteiger partial charge in [-0.15, -0.1) is 0 Å². The van der Waals surface area contributed by atoms with Crippen molar-refractivity contribution >= 4 is 15.7 Å². The van der Waals surface area contributed by atoms with Crippen molar-refractivity contribution in [2.75, 3.05) is 12.8 Å². The summed E-state index contributed by atoms with van der Waals surface area (Å²) >= 11 is 0. The second-order valence-electron chi connectivity index (χ2n) is 4.18. The van der Waals surface area contributed by atoms with Gasteiger partial charge in [0.2, 0.25) is 4.93 Å². The summed E-state index contributed by atoms with van der Waals surface area (Å²) in [6, 6.07) is 10.1. The Balaban J connectivity index is 0.000000241. The maximum absolute atomic E-state index is 11.0. The Morgan fingerprint density at radius 1 is 1.47 bits per heavy atom. The molecule has 2 rings (SSSR count). The molecule has 0 fully saturated rings. The van der Waals surface area contributed by atoms with Gasteiger partial charge in [0.25, 0.3) is 5.91 Å². The van der Waals surface area contributed by atoms with Gasteiger partial charge in [0.05, 0.1) is 6.07 Å². The third kappa shape index (κ3) is 3.77. The molecule has 1 unspecified atom stereocenters. The average molecular weight is 282 g/mol. The zero-order valence-electron chi connectivity index (χ0n) is 10.5. The van der Waals surface area contributed by atoms with Gasteiger partial charge >= 0.3 is 0 Å². The zero-order valence-corrected chi connectivity index (χ0v) is 11.4. The molecule has 0 saturated carbocycles. The highest BCUT2D eigenvalue weighted by atomic mass is 32.2. The van der Waals surface area contributed by atoms with Gasteiger partial charge in [0.15, 0.2) is 9.84 Å². The van der Waals surface area contributed by atoms with Gasteiger partial charge in [-0.1, -0.05) is 18.2 Å². The molecule has 19 heavy (non-hydrogen) atoms. The molecule has 2 N–H and O–H groups in total. The average Bonchev–Trinajstić information content (AvgIpc) is 2.92. The van der Waals surface area contributed by atoms with Crippen LogP contribution >= 0.6 is 0 Å². The molecule has 1 atom stereocenters. The summed E-state index contributed by atoms with van der Waals surface area (Å²) in [6.07, 6.45) is 0.735. The van der Waals surface area contributed by atoms with E-state index < -0.39 is 20.7 Å². The Kier molecular flexibility index (Phi) is 4.29. The summed E-state index contributed by atoms with van der Waals surface area (Å²) in [5.74, 6) is -1.10. The number of amides is 1. The molecule has 7 heteroatoms. The van der Waals surface area contributed by atoms with E-state index in [0.717, 1.165) is 13.2 Å². The van der Waals surface area contributed by atoms with E-state index in [1.807, 2.05) is 5.32 Å². The van der Waals surface area contributed by atoms with Crippen molar-refractivity contribution < 1.29 is 18.3 Å². The summed E-state index contributed by atoms with van der Waals surface area (Å²) in [5.41, 5.74) is 2.85. The Labute approximate surface area is 111 Å². The van der Waals surface area contributed by atoms with E-state index in [-0.39, 0.29) is 6.54 Å². The van der Waals surface area contributed by atoms with Crippen molar-refractivity contribution in [1.82, 2.24) is 5.32 Å². The lowest BCUT2D eigenvalue weighted by atomic mass is 10.4. The highest BCUT2D eigenvalue weighted by molar-refractivity contribution is 7.92.